The van der Waals surface area contributed by atoms with Crippen molar-refractivity contribution in [2.45, 2.75) is 0 Å². The Balaban J connectivity index is 3.00. The molecule has 0 aliphatic heterocycles. The van der Waals surface area contributed by atoms with Gasteiger partial charge in [0.1, 0.15) is 16.4 Å². The van der Waals surface area contributed by atoms with E-state index in [1.807, 2.05) is 0 Å². The van der Waals surface area contributed by atoms with Crippen LogP contribution in [0.5, 0.6) is 0 Å². The summed E-state index contributed by atoms with van der Waals surface area (Å²) in [6.07, 6.45) is 0. The van der Waals surface area contributed by atoms with Gasteiger partial charge in [-0.3, -0.25) is 0 Å². The first-order valence-electron chi connectivity index (χ1n) is 3.90. The quantitative estimate of drug-likeness (QED) is 0.431. The van der Waals surface area contributed by atoms with Crippen molar-refractivity contribution in [1.82, 2.24) is 4.98 Å². The molecule has 1 heterocycles. The Labute approximate surface area is 87.5 Å². The Morgan fingerprint density at radius 1 is 1.07 bits per heavy atom. The van der Waals surface area contributed by atoms with Gasteiger partial charge >= 0.3 is 0 Å². The molecule has 0 saturated heterocycles. The predicted molar refractivity (Wildman–Crippen MR) is 51.0 cm³/mol. The highest BCUT2D eigenvalue weighted by molar-refractivity contribution is 6.29. The number of aromatic nitrogens is 1. The smallest absolute Gasteiger partial charge is 0.185 e. The third kappa shape index (κ3) is 1.39. The van der Waals surface area contributed by atoms with Crippen LogP contribution in [-0.4, -0.2) is 4.98 Å². The predicted octanol–water partition coefficient (Wildman–Crippen LogP) is 2.89. The number of anilines is 1. The van der Waals surface area contributed by atoms with Crippen molar-refractivity contribution in [3.05, 3.63) is 34.7 Å². The van der Waals surface area contributed by atoms with E-state index in [0.717, 1.165) is 6.07 Å². The zero-order valence-electron chi connectivity index (χ0n) is 7.19. The minimum atomic E-state index is -1.41. The summed E-state index contributed by atoms with van der Waals surface area (Å²) < 4.78 is 39.7. The molecule has 0 amide bonds. The average molecular weight is 233 g/mol. The normalized spacial score (nSPS) is 10.9. The largest absolute Gasteiger partial charge is 0.394 e. The van der Waals surface area contributed by atoms with Gasteiger partial charge in [0.2, 0.25) is 0 Å². The minimum Gasteiger partial charge on any atom is -0.394 e. The molecule has 1 aromatic carbocycles. The molecule has 78 valence electrons. The van der Waals surface area contributed by atoms with Crippen LogP contribution in [0.2, 0.25) is 5.15 Å². The van der Waals surface area contributed by atoms with Crippen molar-refractivity contribution >= 4 is 28.2 Å². The fourth-order valence-corrected chi connectivity index (χ4v) is 1.39. The van der Waals surface area contributed by atoms with Crippen LogP contribution < -0.4 is 5.73 Å². The summed E-state index contributed by atoms with van der Waals surface area (Å²) in [6.45, 7) is 0. The number of nitrogen functional groups attached to an aromatic ring is 1. The lowest BCUT2D eigenvalue weighted by atomic mass is 10.1. The second-order valence-electron chi connectivity index (χ2n) is 2.89. The van der Waals surface area contributed by atoms with Crippen LogP contribution in [0.4, 0.5) is 18.9 Å². The van der Waals surface area contributed by atoms with E-state index in [1.54, 1.807) is 0 Å². The van der Waals surface area contributed by atoms with E-state index in [9.17, 15) is 13.2 Å². The number of nitrogens with two attached hydrogens (primary N) is 1. The first kappa shape index (κ1) is 10.0. The lowest BCUT2D eigenvalue weighted by molar-refractivity contribution is 0.510. The third-order valence-electron chi connectivity index (χ3n) is 1.97. The molecule has 0 spiro atoms. The van der Waals surface area contributed by atoms with E-state index in [2.05, 4.69) is 4.98 Å². The van der Waals surface area contributed by atoms with E-state index in [-0.39, 0.29) is 16.1 Å². The molecule has 0 unspecified atom stereocenters. The number of hydrogen-bond donors (Lipinski definition) is 1. The van der Waals surface area contributed by atoms with Gasteiger partial charge in [0.15, 0.2) is 17.5 Å². The lowest BCUT2D eigenvalue weighted by Gasteiger charge is -2.05. The van der Waals surface area contributed by atoms with Gasteiger partial charge in [-0.15, -0.1) is 0 Å². The van der Waals surface area contributed by atoms with E-state index in [0.29, 0.717) is 0 Å². The summed E-state index contributed by atoms with van der Waals surface area (Å²) in [6, 6.07) is 2.38. The molecule has 0 bridgehead atoms. The van der Waals surface area contributed by atoms with Gasteiger partial charge < -0.3 is 5.73 Å². The molecule has 0 atom stereocenters. The monoisotopic (exact) mass is 232 g/mol. The summed E-state index contributed by atoms with van der Waals surface area (Å²) in [5.74, 6) is -3.75. The van der Waals surface area contributed by atoms with Crippen molar-refractivity contribution in [1.29, 1.82) is 0 Å². The maximum Gasteiger partial charge on any atom is 0.185 e. The van der Waals surface area contributed by atoms with Crippen molar-refractivity contribution in [3.63, 3.8) is 0 Å². The van der Waals surface area contributed by atoms with Crippen molar-refractivity contribution < 1.29 is 13.2 Å². The Hall–Kier alpha value is -1.49. The molecule has 0 aliphatic carbocycles. The molecular weight excluding hydrogens is 229 g/mol. The van der Waals surface area contributed by atoms with Gasteiger partial charge in [-0.2, -0.15) is 0 Å². The molecule has 0 aliphatic rings. The van der Waals surface area contributed by atoms with Gasteiger partial charge in [0, 0.05) is 5.39 Å². The maximum atomic E-state index is 13.4. The fourth-order valence-electron chi connectivity index (χ4n) is 1.24. The summed E-state index contributed by atoms with van der Waals surface area (Å²) >= 11 is 5.50. The Morgan fingerprint density at radius 2 is 1.73 bits per heavy atom. The first-order valence-corrected chi connectivity index (χ1v) is 4.28. The van der Waals surface area contributed by atoms with Crippen LogP contribution in [0.25, 0.3) is 10.9 Å². The van der Waals surface area contributed by atoms with E-state index < -0.39 is 23.1 Å². The summed E-state index contributed by atoms with van der Waals surface area (Å²) in [5, 5.41) is -0.310. The molecule has 0 fully saturated rings. The molecule has 1 aromatic heterocycles. The third-order valence-corrected chi connectivity index (χ3v) is 2.18. The molecule has 2 rings (SSSR count). The second kappa shape index (κ2) is 3.27. The summed E-state index contributed by atoms with van der Waals surface area (Å²) in [7, 11) is 0. The zero-order chi connectivity index (χ0) is 11.2. The number of rotatable bonds is 0. The van der Waals surface area contributed by atoms with E-state index in [4.69, 9.17) is 17.3 Å². The Kier molecular flexibility index (Phi) is 2.19. The molecular formula is C9H4ClF3N2. The summed E-state index contributed by atoms with van der Waals surface area (Å²) in [4.78, 5) is 3.54. The number of nitrogens with zero attached hydrogens (tertiary/aromatic N) is 1. The highest BCUT2D eigenvalue weighted by Gasteiger charge is 2.18. The Morgan fingerprint density at radius 3 is 2.40 bits per heavy atom. The number of benzene rings is 1. The van der Waals surface area contributed by atoms with Crippen molar-refractivity contribution in [3.8, 4) is 0 Å². The van der Waals surface area contributed by atoms with Gasteiger partial charge in [0.25, 0.3) is 0 Å². The summed E-state index contributed by atoms with van der Waals surface area (Å²) in [5.41, 5.74) is 3.76. The van der Waals surface area contributed by atoms with Gasteiger partial charge in [-0.1, -0.05) is 11.6 Å². The lowest BCUT2D eigenvalue weighted by Crippen LogP contribution is -2.01. The van der Waals surface area contributed by atoms with Crippen LogP contribution in [0, 0.1) is 17.5 Å². The van der Waals surface area contributed by atoms with Crippen LogP contribution in [0.3, 0.4) is 0 Å². The molecule has 2 nitrogen and oxygen atoms in total. The molecule has 2 aromatic rings. The molecule has 0 radical (unpaired) electrons. The number of fused-ring (bicyclic) bond motifs is 1. The highest BCUT2D eigenvalue weighted by atomic mass is 35.5. The number of hydrogen-bond acceptors (Lipinski definition) is 2. The van der Waals surface area contributed by atoms with Crippen LogP contribution in [0.15, 0.2) is 12.1 Å². The van der Waals surface area contributed by atoms with Crippen LogP contribution in [0.1, 0.15) is 0 Å². The molecule has 15 heavy (non-hydrogen) atoms. The molecule has 6 heteroatoms. The SMILES string of the molecule is Nc1c(F)c(F)c2ccc(Cl)nc2c1F. The van der Waals surface area contributed by atoms with Gasteiger partial charge in [0.05, 0.1) is 0 Å². The zero-order valence-corrected chi connectivity index (χ0v) is 7.95. The van der Waals surface area contributed by atoms with E-state index >= 15 is 0 Å². The van der Waals surface area contributed by atoms with Crippen molar-refractivity contribution in [2.75, 3.05) is 5.73 Å². The van der Waals surface area contributed by atoms with Gasteiger partial charge in [-0.05, 0) is 12.1 Å². The van der Waals surface area contributed by atoms with Gasteiger partial charge in [-0.25, -0.2) is 18.2 Å². The second-order valence-corrected chi connectivity index (χ2v) is 3.27. The number of pyridine rings is 1. The van der Waals surface area contributed by atoms with E-state index in [1.165, 1.54) is 6.07 Å². The van der Waals surface area contributed by atoms with Crippen LogP contribution in [-0.2, 0) is 0 Å². The fraction of sp³-hybridized carbons (Fsp3) is 0. The van der Waals surface area contributed by atoms with Crippen molar-refractivity contribution in [2.24, 2.45) is 0 Å². The molecule has 0 saturated carbocycles. The maximum absolute atomic E-state index is 13.4. The minimum absolute atomic E-state index is 0.0215. The number of halogens is 4. The topological polar surface area (TPSA) is 38.9 Å². The Bertz CT molecular complexity index is 557. The highest BCUT2D eigenvalue weighted by Crippen LogP contribution is 2.28. The van der Waals surface area contributed by atoms with Crippen LogP contribution >= 0.6 is 11.6 Å². The average Bonchev–Trinajstić information content (AvgIpc) is 2.23. The first-order chi connectivity index (χ1) is 7.02. The molecule has 2 N–H and O–H groups in total. The standard InChI is InChI=1S/C9H4ClF3N2/c10-4-2-1-3-5(11)6(12)8(14)7(13)9(3)15-4/h1-2H,14H2.